The zero-order valence-corrected chi connectivity index (χ0v) is 11.6. The molecule has 1 amide bonds. The standard InChI is InChI=1S/C14H18N4O2/c1-3-7-15-12-6-4-5-11(18-12)14(19)17-9-13-16-8-10(2)20-13/h4-6,8H,3,7,9H2,1-2H3,(H,15,18)(H,17,19). The third-order valence-corrected chi connectivity index (χ3v) is 2.61. The van der Waals surface area contributed by atoms with Crippen molar-refractivity contribution in [1.29, 1.82) is 0 Å². The van der Waals surface area contributed by atoms with Crippen LogP contribution in [-0.2, 0) is 6.54 Å². The maximum atomic E-state index is 12.0. The molecular weight excluding hydrogens is 256 g/mol. The Morgan fingerprint density at radius 2 is 2.25 bits per heavy atom. The summed E-state index contributed by atoms with van der Waals surface area (Å²) in [5.74, 6) is 1.65. The first-order valence-corrected chi connectivity index (χ1v) is 6.59. The molecule has 0 bridgehead atoms. The summed E-state index contributed by atoms with van der Waals surface area (Å²) >= 11 is 0. The quantitative estimate of drug-likeness (QED) is 0.843. The third-order valence-electron chi connectivity index (χ3n) is 2.61. The monoisotopic (exact) mass is 274 g/mol. The number of nitrogens with one attached hydrogen (secondary N) is 2. The Morgan fingerprint density at radius 3 is 2.95 bits per heavy atom. The van der Waals surface area contributed by atoms with E-state index in [1.165, 1.54) is 0 Å². The van der Waals surface area contributed by atoms with Crippen molar-refractivity contribution in [2.75, 3.05) is 11.9 Å². The number of aryl methyl sites for hydroxylation is 1. The largest absolute Gasteiger partial charge is 0.444 e. The van der Waals surface area contributed by atoms with Crippen LogP contribution in [0.1, 0.15) is 35.5 Å². The highest BCUT2D eigenvalue weighted by atomic mass is 16.4. The molecule has 0 spiro atoms. The molecule has 106 valence electrons. The molecule has 0 aliphatic carbocycles. The molecule has 6 heteroatoms. The fourth-order valence-corrected chi connectivity index (χ4v) is 1.64. The number of carbonyl (C=O) groups is 1. The SMILES string of the molecule is CCCNc1cccc(C(=O)NCc2ncc(C)o2)n1. The van der Waals surface area contributed by atoms with E-state index in [4.69, 9.17) is 4.42 Å². The van der Waals surface area contributed by atoms with Crippen molar-refractivity contribution < 1.29 is 9.21 Å². The van der Waals surface area contributed by atoms with E-state index in [0.29, 0.717) is 17.4 Å². The van der Waals surface area contributed by atoms with Crippen molar-refractivity contribution in [3.05, 3.63) is 41.7 Å². The van der Waals surface area contributed by atoms with Gasteiger partial charge in [-0.05, 0) is 25.5 Å². The topological polar surface area (TPSA) is 80.0 Å². The Kier molecular flexibility index (Phi) is 4.70. The van der Waals surface area contributed by atoms with E-state index in [-0.39, 0.29) is 12.5 Å². The summed E-state index contributed by atoms with van der Waals surface area (Å²) in [4.78, 5) is 20.3. The first-order valence-electron chi connectivity index (χ1n) is 6.59. The number of hydrogen-bond donors (Lipinski definition) is 2. The summed E-state index contributed by atoms with van der Waals surface area (Å²) in [7, 11) is 0. The Balaban J connectivity index is 1.94. The maximum absolute atomic E-state index is 12.0. The van der Waals surface area contributed by atoms with Crippen LogP contribution in [0, 0.1) is 6.92 Å². The molecule has 2 aromatic heterocycles. The van der Waals surface area contributed by atoms with Crippen molar-refractivity contribution in [2.24, 2.45) is 0 Å². The number of nitrogens with zero attached hydrogens (tertiary/aromatic N) is 2. The number of aromatic nitrogens is 2. The van der Waals surface area contributed by atoms with Gasteiger partial charge in [0, 0.05) is 6.54 Å². The lowest BCUT2D eigenvalue weighted by Gasteiger charge is -2.06. The number of hydrogen-bond acceptors (Lipinski definition) is 5. The van der Waals surface area contributed by atoms with E-state index >= 15 is 0 Å². The lowest BCUT2D eigenvalue weighted by molar-refractivity contribution is 0.0942. The Hall–Kier alpha value is -2.37. The van der Waals surface area contributed by atoms with Crippen LogP contribution in [-0.4, -0.2) is 22.4 Å². The smallest absolute Gasteiger partial charge is 0.270 e. The van der Waals surface area contributed by atoms with Crippen LogP contribution < -0.4 is 10.6 Å². The molecule has 20 heavy (non-hydrogen) atoms. The van der Waals surface area contributed by atoms with Crippen molar-refractivity contribution in [2.45, 2.75) is 26.8 Å². The fraction of sp³-hybridized carbons (Fsp3) is 0.357. The number of oxazole rings is 1. The van der Waals surface area contributed by atoms with Crippen LogP contribution in [0.5, 0.6) is 0 Å². The zero-order valence-electron chi connectivity index (χ0n) is 11.6. The van der Waals surface area contributed by atoms with E-state index in [9.17, 15) is 4.79 Å². The van der Waals surface area contributed by atoms with Gasteiger partial charge >= 0.3 is 0 Å². The molecule has 2 heterocycles. The van der Waals surface area contributed by atoms with Crippen LogP contribution in [0.2, 0.25) is 0 Å². The molecule has 0 unspecified atom stereocenters. The Labute approximate surface area is 117 Å². The second-order valence-electron chi connectivity index (χ2n) is 4.38. The van der Waals surface area contributed by atoms with Crippen molar-refractivity contribution >= 4 is 11.7 Å². The van der Waals surface area contributed by atoms with Gasteiger partial charge in [-0.15, -0.1) is 0 Å². The summed E-state index contributed by atoms with van der Waals surface area (Å²) in [6, 6.07) is 5.31. The first-order chi connectivity index (χ1) is 9.69. The molecule has 0 aromatic carbocycles. The Morgan fingerprint density at radius 1 is 1.40 bits per heavy atom. The minimum Gasteiger partial charge on any atom is -0.444 e. The molecule has 2 aromatic rings. The van der Waals surface area contributed by atoms with Crippen LogP contribution >= 0.6 is 0 Å². The summed E-state index contributed by atoms with van der Waals surface area (Å²) in [6.07, 6.45) is 2.62. The highest BCUT2D eigenvalue weighted by Gasteiger charge is 2.09. The van der Waals surface area contributed by atoms with Crippen molar-refractivity contribution in [1.82, 2.24) is 15.3 Å². The summed E-state index contributed by atoms with van der Waals surface area (Å²) in [5, 5.41) is 5.87. The number of amides is 1. The van der Waals surface area contributed by atoms with Crippen LogP contribution in [0.3, 0.4) is 0 Å². The highest BCUT2D eigenvalue weighted by molar-refractivity contribution is 5.92. The van der Waals surface area contributed by atoms with E-state index in [0.717, 1.165) is 18.7 Å². The lowest BCUT2D eigenvalue weighted by Crippen LogP contribution is -2.24. The van der Waals surface area contributed by atoms with Crippen molar-refractivity contribution in [3.63, 3.8) is 0 Å². The first kappa shape index (κ1) is 14.0. The average molecular weight is 274 g/mol. The van der Waals surface area contributed by atoms with Crippen LogP contribution in [0.4, 0.5) is 5.82 Å². The number of anilines is 1. The molecule has 2 N–H and O–H groups in total. The number of rotatable bonds is 6. The normalized spacial score (nSPS) is 10.3. The summed E-state index contributed by atoms with van der Waals surface area (Å²) < 4.78 is 5.29. The van der Waals surface area contributed by atoms with Crippen LogP contribution in [0.15, 0.2) is 28.8 Å². The molecule has 6 nitrogen and oxygen atoms in total. The number of pyridine rings is 1. The van der Waals surface area contributed by atoms with Crippen LogP contribution in [0.25, 0.3) is 0 Å². The molecular formula is C14H18N4O2. The second kappa shape index (κ2) is 6.70. The fourth-order valence-electron chi connectivity index (χ4n) is 1.64. The van der Waals surface area contributed by atoms with Gasteiger partial charge in [-0.1, -0.05) is 13.0 Å². The molecule has 0 radical (unpaired) electrons. The maximum Gasteiger partial charge on any atom is 0.270 e. The zero-order chi connectivity index (χ0) is 14.4. The van der Waals surface area contributed by atoms with Gasteiger partial charge in [0.25, 0.3) is 5.91 Å². The predicted octanol–water partition coefficient (Wildman–Crippen LogP) is 2.13. The van der Waals surface area contributed by atoms with E-state index < -0.39 is 0 Å². The summed E-state index contributed by atoms with van der Waals surface area (Å²) in [6.45, 7) is 4.96. The van der Waals surface area contributed by atoms with Gasteiger partial charge in [0.05, 0.1) is 12.7 Å². The molecule has 0 saturated heterocycles. The molecule has 0 aliphatic rings. The van der Waals surface area contributed by atoms with Gasteiger partial charge in [-0.3, -0.25) is 4.79 Å². The van der Waals surface area contributed by atoms with Gasteiger partial charge in [-0.25, -0.2) is 9.97 Å². The van der Waals surface area contributed by atoms with Gasteiger partial charge in [0.2, 0.25) is 5.89 Å². The van der Waals surface area contributed by atoms with E-state index in [2.05, 4.69) is 27.5 Å². The highest BCUT2D eigenvalue weighted by Crippen LogP contribution is 2.06. The van der Waals surface area contributed by atoms with Gasteiger partial charge < -0.3 is 15.1 Å². The van der Waals surface area contributed by atoms with Crippen molar-refractivity contribution in [3.8, 4) is 0 Å². The third kappa shape index (κ3) is 3.81. The summed E-state index contributed by atoms with van der Waals surface area (Å²) in [5.41, 5.74) is 0.370. The minimum absolute atomic E-state index is 0.249. The molecule has 0 fully saturated rings. The second-order valence-corrected chi connectivity index (χ2v) is 4.38. The molecule has 0 saturated carbocycles. The molecule has 0 atom stereocenters. The van der Waals surface area contributed by atoms with Gasteiger partial charge in [-0.2, -0.15) is 0 Å². The van der Waals surface area contributed by atoms with E-state index in [1.807, 2.05) is 13.0 Å². The molecule has 0 aliphatic heterocycles. The lowest BCUT2D eigenvalue weighted by atomic mass is 10.3. The average Bonchev–Trinajstić information content (AvgIpc) is 2.88. The number of carbonyl (C=O) groups excluding carboxylic acids is 1. The van der Waals surface area contributed by atoms with Gasteiger partial charge in [0.15, 0.2) is 0 Å². The molecule has 2 rings (SSSR count). The van der Waals surface area contributed by atoms with Gasteiger partial charge in [0.1, 0.15) is 17.3 Å². The minimum atomic E-state index is -0.249. The Bertz CT molecular complexity index is 580. The predicted molar refractivity (Wildman–Crippen MR) is 75.4 cm³/mol. The van der Waals surface area contributed by atoms with E-state index in [1.54, 1.807) is 18.3 Å².